The number of aromatic nitrogens is 3. The van der Waals surface area contributed by atoms with Crippen LogP contribution in [0.5, 0.6) is 0 Å². The van der Waals surface area contributed by atoms with E-state index in [-0.39, 0.29) is 0 Å². The zero-order valence-corrected chi connectivity index (χ0v) is 23.9. The first-order valence-electron chi connectivity index (χ1n) is 14.6. The van der Waals surface area contributed by atoms with E-state index in [0.717, 1.165) is 33.5 Å². The van der Waals surface area contributed by atoms with E-state index in [4.69, 9.17) is 4.98 Å². The molecule has 204 valence electrons. The Balaban J connectivity index is 1.44. The number of hydrogen-bond acceptors (Lipinski definition) is 1. The van der Waals surface area contributed by atoms with Crippen LogP contribution in [0.4, 0.5) is 0 Å². The largest absolute Gasteiger partial charge is 0.317 e. The fourth-order valence-electron chi connectivity index (χ4n) is 6.55. The number of nitrogens with zero attached hydrogens (tertiary/aromatic N) is 3. The van der Waals surface area contributed by atoms with Gasteiger partial charge in [0, 0.05) is 45.2 Å². The van der Waals surface area contributed by atoms with Crippen LogP contribution < -0.4 is 0 Å². The summed E-state index contributed by atoms with van der Waals surface area (Å²) in [5.74, 6) is 0.941. The molecule has 8 aromatic rings. The highest BCUT2D eigenvalue weighted by Gasteiger charge is 2.18. The molecule has 0 saturated carbocycles. The van der Waals surface area contributed by atoms with Gasteiger partial charge in [0.2, 0.25) is 0 Å². The van der Waals surface area contributed by atoms with Crippen LogP contribution in [-0.2, 0) is 0 Å². The second kappa shape index (κ2) is 10.0. The van der Waals surface area contributed by atoms with E-state index in [1.165, 1.54) is 43.4 Å². The molecule has 43 heavy (non-hydrogen) atoms. The molecule has 0 spiro atoms. The standard InChI is InChI=1S/C40H29N3/c1-3-5-15-29(4-2)42-23-22-32-34-25-39-35(24-28(34)20-21-37(32)42)31-17-11-12-19-38(31)43(39)40-33-18-10-9-16-30(33)36(26-41-40)27-13-7-6-8-14-27/h3-26H,1H2,2H3/b15-5-,29-4+. The maximum atomic E-state index is 5.17. The van der Waals surface area contributed by atoms with Gasteiger partial charge in [0.15, 0.2) is 0 Å². The number of para-hydroxylation sites is 1. The summed E-state index contributed by atoms with van der Waals surface area (Å²) < 4.78 is 4.59. The van der Waals surface area contributed by atoms with Crippen molar-refractivity contribution in [3.8, 4) is 16.9 Å². The second-order valence-electron chi connectivity index (χ2n) is 10.8. The van der Waals surface area contributed by atoms with Crippen molar-refractivity contribution in [2.45, 2.75) is 6.92 Å². The van der Waals surface area contributed by atoms with Crippen LogP contribution >= 0.6 is 0 Å². The van der Waals surface area contributed by atoms with Crippen LogP contribution in [0.25, 0.3) is 76.9 Å². The van der Waals surface area contributed by atoms with Gasteiger partial charge in [0.25, 0.3) is 0 Å². The van der Waals surface area contributed by atoms with Crippen LogP contribution in [0.15, 0.2) is 152 Å². The van der Waals surface area contributed by atoms with Gasteiger partial charge in [-0.1, -0.05) is 104 Å². The first-order valence-corrected chi connectivity index (χ1v) is 14.6. The van der Waals surface area contributed by atoms with Crippen molar-refractivity contribution in [2.24, 2.45) is 0 Å². The van der Waals surface area contributed by atoms with Crippen LogP contribution in [0.1, 0.15) is 6.92 Å². The lowest BCUT2D eigenvalue weighted by molar-refractivity contribution is 1.10. The quantitative estimate of drug-likeness (QED) is 0.195. The predicted molar refractivity (Wildman–Crippen MR) is 184 cm³/mol. The molecule has 0 aliphatic rings. The summed E-state index contributed by atoms with van der Waals surface area (Å²) in [5, 5.41) is 8.44. The van der Waals surface area contributed by atoms with Crippen molar-refractivity contribution >= 4 is 60.0 Å². The molecule has 8 rings (SSSR count). The van der Waals surface area contributed by atoms with E-state index < -0.39 is 0 Å². The van der Waals surface area contributed by atoms with Crippen molar-refractivity contribution in [1.82, 2.24) is 14.1 Å². The molecule has 0 aliphatic heterocycles. The molecule has 3 heterocycles. The maximum Gasteiger partial charge on any atom is 0.145 e. The lowest BCUT2D eigenvalue weighted by Crippen LogP contribution is -1.99. The van der Waals surface area contributed by atoms with E-state index in [1.807, 2.05) is 18.3 Å². The normalized spacial score (nSPS) is 12.4. The Hall–Kier alpha value is -5.67. The highest BCUT2D eigenvalue weighted by atomic mass is 15.1. The summed E-state index contributed by atoms with van der Waals surface area (Å²) >= 11 is 0. The van der Waals surface area contributed by atoms with Crippen LogP contribution in [0, 0.1) is 0 Å². The van der Waals surface area contributed by atoms with Gasteiger partial charge in [-0.2, -0.15) is 0 Å². The molecule has 0 unspecified atom stereocenters. The van der Waals surface area contributed by atoms with E-state index >= 15 is 0 Å². The third kappa shape index (κ3) is 3.86. The van der Waals surface area contributed by atoms with Gasteiger partial charge in [-0.15, -0.1) is 0 Å². The third-order valence-electron chi connectivity index (χ3n) is 8.53. The van der Waals surface area contributed by atoms with Gasteiger partial charge in [-0.25, -0.2) is 4.98 Å². The van der Waals surface area contributed by atoms with Gasteiger partial charge >= 0.3 is 0 Å². The first-order chi connectivity index (χ1) is 21.3. The Labute approximate surface area is 249 Å². The fourth-order valence-corrected chi connectivity index (χ4v) is 6.55. The minimum Gasteiger partial charge on any atom is -0.317 e. The first kappa shape index (κ1) is 25.1. The molecule has 5 aromatic carbocycles. The highest BCUT2D eigenvalue weighted by molar-refractivity contribution is 6.18. The topological polar surface area (TPSA) is 22.8 Å². The summed E-state index contributed by atoms with van der Waals surface area (Å²) in [4.78, 5) is 5.17. The van der Waals surface area contributed by atoms with Gasteiger partial charge in [0.1, 0.15) is 5.82 Å². The molecule has 3 heteroatoms. The number of rotatable bonds is 5. The molecule has 0 bridgehead atoms. The van der Waals surface area contributed by atoms with Crippen LogP contribution in [0.2, 0.25) is 0 Å². The smallest absolute Gasteiger partial charge is 0.145 e. The second-order valence-corrected chi connectivity index (χ2v) is 10.8. The highest BCUT2D eigenvalue weighted by Crippen LogP contribution is 2.39. The van der Waals surface area contributed by atoms with E-state index in [2.05, 4.69) is 150 Å². The SMILES string of the molecule is C=C/C=C\C(=C/C)n1ccc2c3cc4c(cc3ccc21)c1ccccc1n4-c1ncc(-c2ccccc2)c2ccccc12. The van der Waals surface area contributed by atoms with Crippen molar-refractivity contribution in [1.29, 1.82) is 0 Å². The Kier molecular flexibility index (Phi) is 5.83. The molecule has 0 fully saturated rings. The van der Waals surface area contributed by atoms with Crippen molar-refractivity contribution in [2.75, 3.05) is 0 Å². The minimum absolute atomic E-state index is 0.941. The molecular formula is C40H29N3. The van der Waals surface area contributed by atoms with Crippen LogP contribution in [0.3, 0.4) is 0 Å². The van der Waals surface area contributed by atoms with Crippen molar-refractivity contribution in [3.63, 3.8) is 0 Å². The van der Waals surface area contributed by atoms with Crippen molar-refractivity contribution < 1.29 is 0 Å². The van der Waals surface area contributed by atoms with Gasteiger partial charge < -0.3 is 4.57 Å². The molecule has 0 amide bonds. The Morgan fingerprint density at radius 2 is 1.42 bits per heavy atom. The minimum atomic E-state index is 0.941. The number of allylic oxidation sites excluding steroid dienone is 5. The number of hydrogen-bond donors (Lipinski definition) is 0. The van der Waals surface area contributed by atoms with Crippen LogP contribution in [-0.4, -0.2) is 14.1 Å². The molecule has 3 aromatic heterocycles. The number of benzene rings is 5. The molecule has 0 N–H and O–H groups in total. The summed E-state index contributed by atoms with van der Waals surface area (Å²) in [7, 11) is 0. The Morgan fingerprint density at radius 1 is 0.674 bits per heavy atom. The monoisotopic (exact) mass is 551 g/mol. The number of pyridine rings is 1. The number of fused-ring (bicyclic) bond motifs is 7. The Bertz CT molecular complexity index is 2420. The summed E-state index contributed by atoms with van der Waals surface area (Å²) in [6, 6.07) is 39.2. The summed E-state index contributed by atoms with van der Waals surface area (Å²) in [6.45, 7) is 5.91. The molecule has 0 atom stereocenters. The van der Waals surface area contributed by atoms with E-state index in [9.17, 15) is 0 Å². The molecule has 3 nitrogen and oxygen atoms in total. The van der Waals surface area contributed by atoms with Crippen molar-refractivity contribution in [3.05, 3.63) is 152 Å². The third-order valence-corrected chi connectivity index (χ3v) is 8.53. The average molecular weight is 552 g/mol. The molecule has 0 aliphatic carbocycles. The molecule has 0 saturated heterocycles. The Morgan fingerprint density at radius 3 is 2.23 bits per heavy atom. The lowest BCUT2D eigenvalue weighted by atomic mass is 10.0. The van der Waals surface area contributed by atoms with E-state index in [0.29, 0.717) is 0 Å². The lowest BCUT2D eigenvalue weighted by Gasteiger charge is -2.14. The zero-order chi connectivity index (χ0) is 28.9. The predicted octanol–water partition coefficient (Wildman–Crippen LogP) is 10.7. The van der Waals surface area contributed by atoms with Gasteiger partial charge in [-0.3, -0.25) is 4.57 Å². The molecule has 0 radical (unpaired) electrons. The van der Waals surface area contributed by atoms with Gasteiger partial charge in [-0.05, 0) is 65.1 Å². The maximum absolute atomic E-state index is 5.17. The zero-order valence-electron chi connectivity index (χ0n) is 23.9. The molecular weight excluding hydrogens is 522 g/mol. The fraction of sp³-hybridized carbons (Fsp3) is 0.0250. The summed E-state index contributed by atoms with van der Waals surface area (Å²) in [6.07, 6.45) is 12.2. The average Bonchev–Trinajstić information content (AvgIpc) is 3.63. The summed E-state index contributed by atoms with van der Waals surface area (Å²) in [5.41, 5.74) is 6.89. The van der Waals surface area contributed by atoms with E-state index in [1.54, 1.807) is 0 Å². The van der Waals surface area contributed by atoms with Gasteiger partial charge in [0.05, 0.1) is 16.6 Å².